The molecule has 3 heteroatoms. The Kier molecular flexibility index (Phi) is 2.67. The van der Waals surface area contributed by atoms with E-state index in [9.17, 15) is 0 Å². The van der Waals surface area contributed by atoms with Gasteiger partial charge >= 0.3 is 0 Å². The number of nitrogens with two attached hydrogens (primary N) is 2. The second-order valence-electron chi connectivity index (χ2n) is 2.38. The summed E-state index contributed by atoms with van der Waals surface area (Å²) in [7, 11) is 0. The van der Waals surface area contributed by atoms with Crippen molar-refractivity contribution in [3.63, 3.8) is 0 Å². The number of anilines is 1. The van der Waals surface area contributed by atoms with Crippen LogP contribution in [-0.4, -0.2) is 11.5 Å². The zero-order valence-corrected chi connectivity index (χ0v) is 6.96. The highest BCUT2D eigenvalue weighted by atomic mass is 14.7. The molecule has 0 aliphatic heterocycles. The van der Waals surface area contributed by atoms with E-state index in [0.717, 1.165) is 5.69 Å². The average Bonchev–Trinajstić information content (AvgIpc) is 2.07. The monoisotopic (exact) mass is 161 g/mol. The fraction of sp³-hybridized carbons (Fsp3) is 0.222. The van der Waals surface area contributed by atoms with Gasteiger partial charge in [0.25, 0.3) is 0 Å². The molecule has 1 rings (SSSR count). The summed E-state index contributed by atoms with van der Waals surface area (Å²) in [6.07, 6.45) is 0. The van der Waals surface area contributed by atoms with E-state index in [-0.39, 0.29) is 0 Å². The zero-order valence-electron chi connectivity index (χ0n) is 6.96. The first kappa shape index (κ1) is 8.57. The standard InChI is InChI=1S/C9H11N3/c1-7-9(11)5-4-8(12-7)3-2-6-10/h4-5H,6,10-11H2,1H3. The molecular formula is C9H11N3. The van der Waals surface area contributed by atoms with E-state index in [4.69, 9.17) is 11.5 Å². The summed E-state index contributed by atoms with van der Waals surface area (Å²) < 4.78 is 0. The van der Waals surface area contributed by atoms with E-state index < -0.39 is 0 Å². The van der Waals surface area contributed by atoms with Gasteiger partial charge in [-0.15, -0.1) is 0 Å². The first-order valence-corrected chi connectivity index (χ1v) is 3.66. The molecule has 4 N–H and O–H groups in total. The summed E-state index contributed by atoms with van der Waals surface area (Å²) in [5, 5.41) is 0. The number of aromatic nitrogens is 1. The van der Waals surface area contributed by atoms with E-state index in [2.05, 4.69) is 16.8 Å². The van der Waals surface area contributed by atoms with E-state index >= 15 is 0 Å². The Hall–Kier alpha value is -1.53. The molecule has 62 valence electrons. The summed E-state index contributed by atoms with van der Waals surface area (Å²) in [5.74, 6) is 5.56. The molecule has 0 atom stereocenters. The lowest BCUT2D eigenvalue weighted by atomic mass is 10.3. The van der Waals surface area contributed by atoms with E-state index in [1.807, 2.05) is 6.92 Å². The number of hydrogen-bond donors (Lipinski definition) is 2. The Bertz CT molecular complexity index is 333. The topological polar surface area (TPSA) is 64.9 Å². The lowest BCUT2D eigenvalue weighted by Gasteiger charge is -1.97. The normalized spacial score (nSPS) is 8.83. The molecule has 0 aromatic carbocycles. The molecular weight excluding hydrogens is 150 g/mol. The van der Waals surface area contributed by atoms with Gasteiger partial charge in [0.05, 0.1) is 17.9 Å². The minimum atomic E-state index is 0.352. The molecule has 1 aromatic rings. The fourth-order valence-electron chi connectivity index (χ4n) is 0.783. The number of hydrogen-bond acceptors (Lipinski definition) is 3. The van der Waals surface area contributed by atoms with E-state index in [0.29, 0.717) is 17.9 Å². The summed E-state index contributed by atoms with van der Waals surface area (Å²) in [6.45, 7) is 2.20. The predicted octanol–water partition coefficient (Wildman–Crippen LogP) is 0.282. The molecule has 0 saturated heterocycles. The smallest absolute Gasteiger partial charge is 0.113 e. The van der Waals surface area contributed by atoms with Gasteiger partial charge in [0.15, 0.2) is 0 Å². The Labute approximate surface area is 71.8 Å². The Morgan fingerprint density at radius 3 is 2.83 bits per heavy atom. The van der Waals surface area contributed by atoms with Gasteiger partial charge in [-0.1, -0.05) is 5.92 Å². The quantitative estimate of drug-likeness (QED) is 0.537. The van der Waals surface area contributed by atoms with Crippen molar-refractivity contribution in [2.75, 3.05) is 12.3 Å². The predicted molar refractivity (Wildman–Crippen MR) is 49.3 cm³/mol. The van der Waals surface area contributed by atoms with Crippen LogP contribution < -0.4 is 11.5 Å². The van der Waals surface area contributed by atoms with Crippen LogP contribution in [0.1, 0.15) is 11.4 Å². The highest BCUT2D eigenvalue weighted by Gasteiger charge is 1.94. The zero-order chi connectivity index (χ0) is 8.97. The van der Waals surface area contributed by atoms with Crippen molar-refractivity contribution in [1.29, 1.82) is 0 Å². The van der Waals surface area contributed by atoms with Crippen LogP contribution in [0.25, 0.3) is 0 Å². The van der Waals surface area contributed by atoms with Crippen molar-refractivity contribution >= 4 is 5.69 Å². The van der Waals surface area contributed by atoms with Crippen molar-refractivity contribution < 1.29 is 0 Å². The van der Waals surface area contributed by atoms with Crippen LogP contribution >= 0.6 is 0 Å². The van der Waals surface area contributed by atoms with Crippen molar-refractivity contribution in [3.8, 4) is 11.8 Å². The van der Waals surface area contributed by atoms with Gasteiger partial charge in [-0.05, 0) is 25.0 Å². The Morgan fingerprint density at radius 2 is 2.25 bits per heavy atom. The Morgan fingerprint density at radius 1 is 1.50 bits per heavy atom. The molecule has 0 amide bonds. The molecule has 0 saturated carbocycles. The third-order valence-electron chi connectivity index (χ3n) is 1.45. The number of aryl methyl sites for hydroxylation is 1. The van der Waals surface area contributed by atoms with Gasteiger partial charge in [-0.25, -0.2) is 4.98 Å². The maximum absolute atomic E-state index is 5.58. The largest absolute Gasteiger partial charge is 0.397 e. The van der Waals surface area contributed by atoms with Crippen molar-refractivity contribution in [2.45, 2.75) is 6.92 Å². The number of nitrogen functional groups attached to an aromatic ring is 1. The van der Waals surface area contributed by atoms with Gasteiger partial charge in [-0.2, -0.15) is 0 Å². The molecule has 1 heterocycles. The molecule has 3 nitrogen and oxygen atoms in total. The van der Waals surface area contributed by atoms with Crippen LogP contribution in [0.3, 0.4) is 0 Å². The molecule has 0 aliphatic carbocycles. The summed E-state index contributed by atoms with van der Waals surface area (Å²) in [4.78, 5) is 4.16. The van der Waals surface area contributed by atoms with E-state index in [1.54, 1.807) is 12.1 Å². The van der Waals surface area contributed by atoms with E-state index in [1.165, 1.54) is 0 Å². The van der Waals surface area contributed by atoms with Crippen LogP contribution in [0, 0.1) is 18.8 Å². The molecule has 12 heavy (non-hydrogen) atoms. The fourth-order valence-corrected chi connectivity index (χ4v) is 0.783. The number of rotatable bonds is 0. The third kappa shape index (κ3) is 1.97. The first-order valence-electron chi connectivity index (χ1n) is 3.66. The summed E-state index contributed by atoms with van der Waals surface area (Å²) in [6, 6.07) is 3.58. The van der Waals surface area contributed by atoms with Gasteiger partial charge < -0.3 is 11.5 Å². The molecule has 0 fully saturated rings. The summed E-state index contributed by atoms with van der Waals surface area (Å²) >= 11 is 0. The van der Waals surface area contributed by atoms with Gasteiger partial charge in [0.2, 0.25) is 0 Å². The van der Waals surface area contributed by atoms with Crippen LogP contribution in [0.5, 0.6) is 0 Å². The number of pyridine rings is 1. The highest BCUT2D eigenvalue weighted by molar-refractivity contribution is 5.45. The number of nitrogens with zero attached hydrogens (tertiary/aromatic N) is 1. The summed E-state index contributed by atoms with van der Waals surface area (Å²) in [5.41, 5.74) is 13.0. The average molecular weight is 161 g/mol. The highest BCUT2D eigenvalue weighted by Crippen LogP contribution is 2.06. The molecule has 0 radical (unpaired) electrons. The second-order valence-corrected chi connectivity index (χ2v) is 2.38. The third-order valence-corrected chi connectivity index (χ3v) is 1.45. The van der Waals surface area contributed by atoms with Crippen LogP contribution in [0.2, 0.25) is 0 Å². The minimum Gasteiger partial charge on any atom is -0.397 e. The van der Waals surface area contributed by atoms with Crippen molar-refractivity contribution in [2.24, 2.45) is 5.73 Å². The maximum Gasteiger partial charge on any atom is 0.113 e. The molecule has 0 bridgehead atoms. The molecule has 0 unspecified atom stereocenters. The lowest BCUT2D eigenvalue weighted by molar-refractivity contribution is 1.18. The molecule has 1 aromatic heterocycles. The first-order chi connectivity index (χ1) is 5.74. The maximum atomic E-state index is 5.58. The van der Waals surface area contributed by atoms with Crippen LogP contribution in [-0.2, 0) is 0 Å². The van der Waals surface area contributed by atoms with Crippen molar-refractivity contribution in [1.82, 2.24) is 4.98 Å². The van der Waals surface area contributed by atoms with Crippen LogP contribution in [0.4, 0.5) is 5.69 Å². The Balaban J connectivity index is 2.97. The molecule has 0 spiro atoms. The van der Waals surface area contributed by atoms with Crippen LogP contribution in [0.15, 0.2) is 12.1 Å². The second kappa shape index (κ2) is 3.74. The van der Waals surface area contributed by atoms with Crippen molar-refractivity contribution in [3.05, 3.63) is 23.5 Å². The minimum absolute atomic E-state index is 0.352. The van der Waals surface area contributed by atoms with Gasteiger partial charge in [-0.3, -0.25) is 0 Å². The van der Waals surface area contributed by atoms with Gasteiger partial charge in [0.1, 0.15) is 5.69 Å². The lowest BCUT2D eigenvalue weighted by Crippen LogP contribution is -1.96. The molecule has 0 aliphatic rings. The van der Waals surface area contributed by atoms with Gasteiger partial charge in [0, 0.05) is 0 Å². The SMILES string of the molecule is Cc1nc(C#CCN)ccc1N.